The molecule has 2 aromatic heterocycles. The number of hydrogen-bond acceptors (Lipinski definition) is 8. The highest BCUT2D eigenvalue weighted by Gasteiger charge is 2.45. The Bertz CT molecular complexity index is 2340. The van der Waals surface area contributed by atoms with Crippen molar-refractivity contribution in [3.8, 4) is 16.9 Å². The topological polar surface area (TPSA) is 125 Å². The molecule has 5 aromatic rings. The van der Waals surface area contributed by atoms with Gasteiger partial charge in [-0.25, -0.2) is 8.78 Å². The molecular formula is C41H42ClF2N7O4. The Morgan fingerprint density at radius 3 is 2.60 bits per heavy atom. The molecule has 0 radical (unpaired) electrons. The van der Waals surface area contributed by atoms with E-state index in [2.05, 4.69) is 37.9 Å². The van der Waals surface area contributed by atoms with Gasteiger partial charge in [0.25, 0.3) is 11.5 Å². The molecule has 2 unspecified atom stereocenters. The Balaban J connectivity index is 0.917. The van der Waals surface area contributed by atoms with Gasteiger partial charge in [0.15, 0.2) is 0 Å². The summed E-state index contributed by atoms with van der Waals surface area (Å²) in [6.07, 6.45) is 5.18. The van der Waals surface area contributed by atoms with Crippen molar-refractivity contribution in [2.75, 3.05) is 32.1 Å². The zero-order valence-electron chi connectivity index (χ0n) is 30.6. The Morgan fingerprint density at radius 1 is 1.02 bits per heavy atom. The van der Waals surface area contributed by atoms with Gasteiger partial charge in [0.1, 0.15) is 17.3 Å². The average molecular weight is 770 g/mol. The van der Waals surface area contributed by atoms with Crippen LogP contribution in [-0.4, -0.2) is 75.1 Å². The maximum atomic E-state index is 15.8. The molecule has 0 bridgehead atoms. The molecule has 2 fully saturated rings. The van der Waals surface area contributed by atoms with Crippen molar-refractivity contribution in [3.05, 3.63) is 110 Å². The van der Waals surface area contributed by atoms with Crippen molar-refractivity contribution in [2.24, 2.45) is 7.05 Å². The number of fused-ring (bicyclic) bond motifs is 2. The number of nitrogens with one attached hydrogen (secondary N) is 3. The van der Waals surface area contributed by atoms with Crippen LogP contribution in [0.25, 0.3) is 22.0 Å². The van der Waals surface area contributed by atoms with E-state index in [9.17, 15) is 14.4 Å². The van der Waals surface area contributed by atoms with Gasteiger partial charge in [0, 0.05) is 73.1 Å². The number of carbonyl (C=O) groups is 2. The van der Waals surface area contributed by atoms with Crippen molar-refractivity contribution < 1.29 is 23.1 Å². The number of carbonyl (C=O) groups excluding carboxylic acids is 2. The molecule has 2 amide bonds. The molecule has 8 rings (SSSR count). The molecule has 0 saturated carbocycles. The second kappa shape index (κ2) is 14.9. The standard InChI is InChI=1S/C41H42ClF2N7O4/c1-49-21-31(30-18-45-48-38(30)40(49)54)27-16-34(42)32(36(17-27)55-2)22-50-14-12-29-25(19-50)4-3-5-26(29)20-51-15-13-33(41(43,44)23-51)24-6-8-28(9-7-24)46-35-10-11-37(52)47-39(35)53/h3-9,16-18,21,33,35,46H,10-15,19-20,22-23H2,1-2H3,(H,45,48)(H,47,52,53). The number of methoxy groups -OCH3 is 1. The lowest BCUT2D eigenvalue weighted by Gasteiger charge is -2.39. The smallest absolute Gasteiger partial charge is 0.276 e. The minimum atomic E-state index is -2.92. The van der Waals surface area contributed by atoms with Crippen LogP contribution in [-0.2, 0) is 42.7 Å². The minimum absolute atomic E-state index is 0.163. The third-order valence-corrected chi connectivity index (χ3v) is 11.6. The molecule has 5 heterocycles. The molecule has 2 saturated heterocycles. The number of nitrogens with zero attached hydrogens (tertiary/aromatic N) is 4. The van der Waals surface area contributed by atoms with E-state index in [0.717, 1.165) is 35.2 Å². The van der Waals surface area contributed by atoms with Crippen molar-refractivity contribution in [3.63, 3.8) is 0 Å². The highest BCUT2D eigenvalue weighted by atomic mass is 35.5. The number of benzene rings is 3. The summed E-state index contributed by atoms with van der Waals surface area (Å²) in [6.45, 7) is 2.70. The first-order valence-electron chi connectivity index (χ1n) is 18.5. The molecule has 0 spiro atoms. The number of aryl methyl sites for hydroxylation is 1. The maximum Gasteiger partial charge on any atom is 0.276 e. The van der Waals surface area contributed by atoms with Gasteiger partial charge in [0.2, 0.25) is 11.8 Å². The molecule has 286 valence electrons. The van der Waals surface area contributed by atoms with Crippen molar-refractivity contribution in [1.82, 2.24) is 29.9 Å². The lowest BCUT2D eigenvalue weighted by molar-refractivity contribution is -0.133. The van der Waals surface area contributed by atoms with Gasteiger partial charge < -0.3 is 14.6 Å². The fourth-order valence-electron chi connectivity index (χ4n) is 8.38. The van der Waals surface area contributed by atoms with Crippen molar-refractivity contribution in [1.29, 1.82) is 0 Å². The number of H-pyrrole nitrogens is 1. The summed E-state index contributed by atoms with van der Waals surface area (Å²) in [6, 6.07) is 16.4. The SMILES string of the molecule is COc1cc(-c2cn(C)c(=O)c3[nH]ncc23)cc(Cl)c1CN1CCc2c(cccc2CN2CCC(c3ccc(NC4CCC(=O)NC4=O)cc3)C(F)(F)C2)C1. The molecule has 14 heteroatoms. The number of hydrogen-bond donors (Lipinski definition) is 3. The van der Waals surface area contributed by atoms with Crippen LogP contribution in [0.15, 0.2) is 71.8 Å². The number of aromatic nitrogens is 3. The van der Waals surface area contributed by atoms with E-state index in [1.165, 1.54) is 15.7 Å². The summed E-state index contributed by atoms with van der Waals surface area (Å²) >= 11 is 6.95. The van der Waals surface area contributed by atoms with Crippen LogP contribution in [0.1, 0.15) is 53.0 Å². The maximum absolute atomic E-state index is 15.8. The lowest BCUT2D eigenvalue weighted by Crippen LogP contribution is -2.47. The van der Waals surface area contributed by atoms with Crippen molar-refractivity contribution in [2.45, 2.75) is 63.2 Å². The molecule has 11 nitrogen and oxygen atoms in total. The zero-order valence-corrected chi connectivity index (χ0v) is 31.4. The first kappa shape index (κ1) is 36.8. The Morgan fingerprint density at radius 2 is 1.84 bits per heavy atom. The third-order valence-electron chi connectivity index (χ3n) is 11.3. The first-order chi connectivity index (χ1) is 26.5. The largest absolute Gasteiger partial charge is 0.496 e. The van der Waals surface area contributed by atoms with E-state index in [1.54, 1.807) is 50.8 Å². The highest BCUT2D eigenvalue weighted by molar-refractivity contribution is 6.32. The van der Waals surface area contributed by atoms with E-state index >= 15 is 8.78 Å². The summed E-state index contributed by atoms with van der Waals surface area (Å²) in [5, 5.41) is 13.6. The summed E-state index contributed by atoms with van der Waals surface area (Å²) in [4.78, 5) is 40.4. The van der Waals surface area contributed by atoms with E-state index in [-0.39, 0.29) is 30.3 Å². The second-order valence-corrected chi connectivity index (χ2v) is 15.3. The number of imide groups is 1. The number of pyridine rings is 1. The number of ether oxygens (including phenoxy) is 1. The quantitative estimate of drug-likeness (QED) is 0.156. The van der Waals surface area contributed by atoms with Gasteiger partial charge in [0.05, 0.1) is 25.8 Å². The van der Waals surface area contributed by atoms with Crippen LogP contribution in [0.2, 0.25) is 5.02 Å². The van der Waals surface area contributed by atoms with Crippen LogP contribution < -0.4 is 20.9 Å². The number of halogens is 3. The predicted molar refractivity (Wildman–Crippen MR) is 206 cm³/mol. The molecular weight excluding hydrogens is 728 g/mol. The summed E-state index contributed by atoms with van der Waals surface area (Å²) in [5.74, 6) is -3.83. The normalized spacial score (nSPS) is 20.3. The monoisotopic (exact) mass is 769 g/mol. The van der Waals surface area contributed by atoms with Crippen LogP contribution in [0.4, 0.5) is 14.5 Å². The average Bonchev–Trinajstić information content (AvgIpc) is 3.66. The first-order valence-corrected chi connectivity index (χ1v) is 18.9. The summed E-state index contributed by atoms with van der Waals surface area (Å²) in [5.41, 5.74) is 7.46. The number of rotatable bonds is 9. The molecule has 3 N–H and O–H groups in total. The second-order valence-electron chi connectivity index (χ2n) is 14.9. The number of piperidine rings is 2. The van der Waals surface area contributed by atoms with E-state index < -0.39 is 17.9 Å². The minimum Gasteiger partial charge on any atom is -0.496 e. The molecule has 3 aliphatic heterocycles. The fraction of sp³-hybridized carbons (Fsp3) is 0.366. The van der Waals surface area contributed by atoms with Gasteiger partial charge in [-0.2, -0.15) is 5.10 Å². The summed E-state index contributed by atoms with van der Waals surface area (Å²) < 4.78 is 38.9. The number of alkyl halides is 2. The van der Waals surface area contributed by atoms with Crippen LogP contribution in [0.5, 0.6) is 5.75 Å². The van der Waals surface area contributed by atoms with Gasteiger partial charge >= 0.3 is 0 Å². The van der Waals surface area contributed by atoms with E-state index in [4.69, 9.17) is 16.3 Å². The Labute approximate surface area is 321 Å². The van der Waals surface area contributed by atoms with E-state index in [1.807, 2.05) is 23.1 Å². The van der Waals surface area contributed by atoms with Gasteiger partial charge in [-0.3, -0.25) is 34.6 Å². The molecule has 2 atom stereocenters. The number of amides is 2. The van der Waals surface area contributed by atoms with Gasteiger partial charge in [-0.15, -0.1) is 0 Å². The number of aromatic amines is 1. The highest BCUT2D eigenvalue weighted by Crippen LogP contribution is 2.42. The Hall–Kier alpha value is -5.11. The van der Waals surface area contributed by atoms with Crippen LogP contribution in [0.3, 0.4) is 0 Å². The van der Waals surface area contributed by atoms with Crippen LogP contribution in [0, 0.1) is 0 Å². The van der Waals surface area contributed by atoms with Crippen molar-refractivity contribution >= 4 is 40.0 Å². The zero-order chi connectivity index (χ0) is 38.4. The molecule has 55 heavy (non-hydrogen) atoms. The summed E-state index contributed by atoms with van der Waals surface area (Å²) in [7, 11) is 3.32. The van der Waals surface area contributed by atoms with E-state index in [0.29, 0.717) is 71.9 Å². The number of likely N-dealkylation sites (tertiary alicyclic amines) is 1. The third kappa shape index (κ3) is 7.36. The fourth-order valence-corrected chi connectivity index (χ4v) is 8.65. The molecule has 3 aromatic carbocycles. The Kier molecular flexibility index (Phi) is 9.95. The molecule has 0 aliphatic carbocycles. The van der Waals surface area contributed by atoms with Crippen LogP contribution >= 0.6 is 11.6 Å². The van der Waals surface area contributed by atoms with Gasteiger partial charge in [-0.05, 0) is 77.9 Å². The number of anilines is 1. The molecule has 3 aliphatic rings. The van der Waals surface area contributed by atoms with Gasteiger partial charge in [-0.1, -0.05) is 41.9 Å². The predicted octanol–water partition coefficient (Wildman–Crippen LogP) is 5.99. The lowest BCUT2D eigenvalue weighted by atomic mass is 9.85.